The molecule has 194 valence electrons. The van der Waals surface area contributed by atoms with Crippen molar-refractivity contribution in [1.29, 1.82) is 0 Å². The molecule has 1 aliphatic heterocycles. The van der Waals surface area contributed by atoms with E-state index in [0.29, 0.717) is 0 Å². The molecule has 6 aromatic rings. The van der Waals surface area contributed by atoms with Crippen LogP contribution in [0.5, 0.6) is 0 Å². The molecule has 0 bridgehead atoms. The van der Waals surface area contributed by atoms with Crippen LogP contribution in [-0.4, -0.2) is 0 Å². The van der Waals surface area contributed by atoms with Crippen molar-refractivity contribution >= 4 is 11.4 Å². The van der Waals surface area contributed by atoms with E-state index in [0.717, 1.165) is 5.69 Å². The van der Waals surface area contributed by atoms with Crippen molar-refractivity contribution in [2.45, 2.75) is 18.4 Å². The van der Waals surface area contributed by atoms with E-state index in [1.807, 2.05) is 0 Å². The third kappa shape index (κ3) is 2.95. The van der Waals surface area contributed by atoms with E-state index < -0.39 is 0 Å². The second-order valence-corrected chi connectivity index (χ2v) is 11.4. The van der Waals surface area contributed by atoms with Crippen molar-refractivity contribution in [3.63, 3.8) is 0 Å². The standard InChI is InChI=1S/C39H28N2/c1-25-29-10-5-9-17-38(29)41(40-25)28-21-18-26(19-22-28)27-20-23-33-32-13-4-8-16-36(32)39(37(33)24-27)34-14-6-2-11-30(34)31-12-3-7-15-35(31)39/h2-25,40H,1H3. The molecule has 1 heterocycles. The zero-order valence-corrected chi connectivity index (χ0v) is 22.8. The predicted molar refractivity (Wildman–Crippen MR) is 168 cm³/mol. The number of para-hydroxylation sites is 1. The second-order valence-electron chi connectivity index (χ2n) is 11.4. The average Bonchev–Trinajstić information content (AvgIpc) is 3.65. The Bertz CT molecular complexity index is 1940. The molecule has 3 aliphatic rings. The molecular formula is C39H28N2. The largest absolute Gasteiger partial charge is 0.276 e. The lowest BCUT2D eigenvalue weighted by Gasteiger charge is -2.30. The number of anilines is 2. The molecule has 0 amide bonds. The Kier molecular flexibility index (Phi) is 4.62. The van der Waals surface area contributed by atoms with Crippen LogP contribution < -0.4 is 10.4 Å². The maximum atomic E-state index is 3.62. The van der Waals surface area contributed by atoms with E-state index >= 15 is 0 Å². The molecule has 0 fully saturated rings. The van der Waals surface area contributed by atoms with Crippen molar-refractivity contribution < 1.29 is 0 Å². The molecule has 0 saturated heterocycles. The fourth-order valence-electron chi connectivity index (χ4n) is 7.68. The summed E-state index contributed by atoms with van der Waals surface area (Å²) in [6, 6.07) is 52.0. The van der Waals surface area contributed by atoms with Crippen LogP contribution in [0.15, 0.2) is 140 Å². The molecule has 1 N–H and O–H groups in total. The highest BCUT2D eigenvalue weighted by Gasteiger charge is 2.51. The Hall–Kier alpha value is -4.92. The Morgan fingerprint density at radius 3 is 1.66 bits per heavy atom. The van der Waals surface area contributed by atoms with Crippen LogP contribution in [0, 0.1) is 0 Å². The highest BCUT2D eigenvalue weighted by Crippen LogP contribution is 2.63. The lowest BCUT2D eigenvalue weighted by Crippen LogP contribution is -2.28. The summed E-state index contributed by atoms with van der Waals surface area (Å²) in [5.41, 5.74) is 20.4. The van der Waals surface area contributed by atoms with E-state index in [9.17, 15) is 0 Å². The van der Waals surface area contributed by atoms with Crippen LogP contribution >= 0.6 is 0 Å². The number of rotatable bonds is 2. The number of nitrogens with one attached hydrogen (secondary N) is 1. The van der Waals surface area contributed by atoms with Crippen molar-refractivity contribution in [3.8, 4) is 33.4 Å². The van der Waals surface area contributed by atoms with Gasteiger partial charge in [0.25, 0.3) is 0 Å². The van der Waals surface area contributed by atoms with E-state index in [2.05, 4.69) is 157 Å². The SMILES string of the molecule is CC1NN(c2ccc(-c3ccc4c(c3)C3(c5ccccc5-c5ccccc53)c3ccccc3-4)cc2)c2ccccc21. The molecule has 1 unspecified atom stereocenters. The number of nitrogens with zero attached hydrogens (tertiary/aromatic N) is 1. The molecule has 2 aliphatic carbocycles. The van der Waals surface area contributed by atoms with Gasteiger partial charge in [-0.25, -0.2) is 5.43 Å². The number of fused-ring (bicyclic) bond motifs is 11. The summed E-state index contributed by atoms with van der Waals surface area (Å²) in [6.45, 7) is 2.21. The normalized spacial score (nSPS) is 16.7. The smallest absolute Gasteiger partial charge is 0.0725 e. The third-order valence-corrected chi connectivity index (χ3v) is 9.42. The quantitative estimate of drug-likeness (QED) is 0.242. The predicted octanol–water partition coefficient (Wildman–Crippen LogP) is 9.41. The second kappa shape index (κ2) is 8.30. The molecular weight excluding hydrogens is 496 g/mol. The number of hydrogen-bond acceptors (Lipinski definition) is 2. The minimum Gasteiger partial charge on any atom is -0.276 e. The fourth-order valence-corrected chi connectivity index (χ4v) is 7.68. The lowest BCUT2D eigenvalue weighted by atomic mass is 9.70. The monoisotopic (exact) mass is 524 g/mol. The zero-order valence-electron chi connectivity index (χ0n) is 22.8. The van der Waals surface area contributed by atoms with Crippen molar-refractivity contribution in [2.24, 2.45) is 0 Å². The molecule has 1 atom stereocenters. The van der Waals surface area contributed by atoms with Gasteiger partial charge >= 0.3 is 0 Å². The van der Waals surface area contributed by atoms with Gasteiger partial charge < -0.3 is 0 Å². The summed E-state index contributed by atoms with van der Waals surface area (Å²) in [4.78, 5) is 0. The van der Waals surface area contributed by atoms with Crippen LogP contribution in [0.4, 0.5) is 11.4 Å². The highest BCUT2D eigenvalue weighted by atomic mass is 15.5. The molecule has 2 heteroatoms. The summed E-state index contributed by atoms with van der Waals surface area (Å²) < 4.78 is 0. The van der Waals surface area contributed by atoms with Gasteiger partial charge in [-0.3, -0.25) is 5.01 Å². The maximum absolute atomic E-state index is 3.62. The van der Waals surface area contributed by atoms with E-state index in [-0.39, 0.29) is 11.5 Å². The first-order chi connectivity index (χ1) is 20.2. The summed E-state index contributed by atoms with van der Waals surface area (Å²) in [7, 11) is 0. The van der Waals surface area contributed by atoms with Gasteiger partial charge in [0, 0.05) is 0 Å². The van der Waals surface area contributed by atoms with Crippen LogP contribution in [-0.2, 0) is 5.41 Å². The third-order valence-electron chi connectivity index (χ3n) is 9.42. The Morgan fingerprint density at radius 2 is 1.02 bits per heavy atom. The summed E-state index contributed by atoms with van der Waals surface area (Å²) in [6.07, 6.45) is 0. The van der Waals surface area contributed by atoms with Gasteiger partial charge in [-0.05, 0) is 92.4 Å². The number of hydrazine groups is 1. The lowest BCUT2D eigenvalue weighted by molar-refractivity contribution is 0.634. The van der Waals surface area contributed by atoms with E-state index in [4.69, 9.17) is 0 Å². The minimum absolute atomic E-state index is 0.289. The topological polar surface area (TPSA) is 15.3 Å². The van der Waals surface area contributed by atoms with Crippen LogP contribution in [0.25, 0.3) is 33.4 Å². The summed E-state index contributed by atoms with van der Waals surface area (Å²) >= 11 is 0. The van der Waals surface area contributed by atoms with Crippen LogP contribution in [0.3, 0.4) is 0 Å². The first-order valence-electron chi connectivity index (χ1n) is 14.4. The minimum atomic E-state index is -0.311. The van der Waals surface area contributed by atoms with Crippen LogP contribution in [0.2, 0.25) is 0 Å². The molecule has 9 rings (SSSR count). The molecule has 0 saturated carbocycles. The zero-order chi connectivity index (χ0) is 27.1. The molecule has 1 spiro atoms. The van der Waals surface area contributed by atoms with Gasteiger partial charge in [0.05, 0.1) is 22.8 Å². The molecule has 0 radical (unpaired) electrons. The van der Waals surface area contributed by atoms with Gasteiger partial charge in [0.1, 0.15) is 0 Å². The molecule has 2 nitrogen and oxygen atoms in total. The number of hydrogen-bond donors (Lipinski definition) is 1. The van der Waals surface area contributed by atoms with E-state index in [1.54, 1.807) is 0 Å². The molecule has 0 aromatic heterocycles. The van der Waals surface area contributed by atoms with Gasteiger partial charge in [0.15, 0.2) is 0 Å². The first kappa shape index (κ1) is 22.9. The Balaban J connectivity index is 1.21. The number of benzene rings is 6. The van der Waals surface area contributed by atoms with Crippen molar-refractivity contribution in [2.75, 3.05) is 5.01 Å². The fraction of sp³-hybridized carbons (Fsp3) is 0.0769. The Morgan fingerprint density at radius 1 is 0.512 bits per heavy atom. The molecule has 6 aromatic carbocycles. The molecule has 41 heavy (non-hydrogen) atoms. The van der Waals surface area contributed by atoms with Gasteiger partial charge in [-0.2, -0.15) is 0 Å². The van der Waals surface area contributed by atoms with Gasteiger partial charge in [0.2, 0.25) is 0 Å². The van der Waals surface area contributed by atoms with Gasteiger partial charge in [-0.15, -0.1) is 0 Å². The van der Waals surface area contributed by atoms with E-state index in [1.165, 1.54) is 66.9 Å². The van der Waals surface area contributed by atoms with Crippen LogP contribution in [0.1, 0.15) is 40.8 Å². The first-order valence-corrected chi connectivity index (χ1v) is 14.4. The summed E-state index contributed by atoms with van der Waals surface area (Å²) in [5.74, 6) is 0. The Labute approximate surface area is 240 Å². The summed E-state index contributed by atoms with van der Waals surface area (Å²) in [5, 5.41) is 2.21. The average molecular weight is 525 g/mol. The maximum Gasteiger partial charge on any atom is 0.0725 e. The van der Waals surface area contributed by atoms with Crippen molar-refractivity contribution in [1.82, 2.24) is 5.43 Å². The van der Waals surface area contributed by atoms with Gasteiger partial charge in [-0.1, -0.05) is 115 Å². The highest BCUT2D eigenvalue weighted by molar-refractivity contribution is 5.95. The van der Waals surface area contributed by atoms with Crippen molar-refractivity contribution in [3.05, 3.63) is 167 Å².